The van der Waals surface area contributed by atoms with Crippen LogP contribution in [0.2, 0.25) is 5.02 Å². The van der Waals surface area contributed by atoms with Gasteiger partial charge in [0.15, 0.2) is 0 Å². The van der Waals surface area contributed by atoms with Crippen molar-refractivity contribution in [2.75, 3.05) is 25.0 Å². The quantitative estimate of drug-likeness (QED) is 0.824. The monoisotopic (exact) mass is 210 g/mol. The molecule has 0 unspecified atom stereocenters. The Morgan fingerprint density at radius 1 is 1.43 bits per heavy atom. The molecule has 0 saturated carbocycles. The van der Waals surface area contributed by atoms with E-state index in [1.807, 2.05) is 13.1 Å². The van der Waals surface area contributed by atoms with Crippen LogP contribution in [0.3, 0.4) is 0 Å². The molecule has 2 rings (SSSR count). The van der Waals surface area contributed by atoms with Gasteiger partial charge in [0.05, 0.1) is 0 Å². The van der Waals surface area contributed by atoms with Gasteiger partial charge >= 0.3 is 0 Å². The number of nitrogens with zero attached hydrogens (tertiary/aromatic N) is 1. The summed E-state index contributed by atoms with van der Waals surface area (Å²) in [6.45, 7) is 3.23. The average Bonchev–Trinajstić information content (AvgIpc) is 2.07. The van der Waals surface area contributed by atoms with Crippen LogP contribution in [0, 0.1) is 0 Å². The minimum Gasteiger partial charge on any atom is -0.371 e. The normalized spacial score (nSPS) is 15.4. The molecule has 76 valence electrons. The summed E-state index contributed by atoms with van der Waals surface area (Å²) in [7, 11) is 1.97. The summed E-state index contributed by atoms with van der Waals surface area (Å²) in [4.78, 5) is 2.37. The van der Waals surface area contributed by atoms with Crippen LogP contribution in [0.5, 0.6) is 0 Å². The lowest BCUT2D eigenvalue weighted by atomic mass is 10.1. The van der Waals surface area contributed by atoms with Crippen molar-refractivity contribution < 1.29 is 0 Å². The summed E-state index contributed by atoms with van der Waals surface area (Å²) in [5.74, 6) is 0. The van der Waals surface area contributed by atoms with Crippen LogP contribution in [0.1, 0.15) is 12.0 Å². The second kappa shape index (κ2) is 4.20. The third-order valence-corrected chi connectivity index (χ3v) is 2.85. The highest BCUT2D eigenvalue weighted by Gasteiger charge is 2.17. The first-order valence-electron chi connectivity index (χ1n) is 4.99. The van der Waals surface area contributed by atoms with E-state index in [2.05, 4.69) is 22.3 Å². The molecule has 0 bridgehead atoms. The Bertz CT molecular complexity index is 321. The zero-order valence-electron chi connectivity index (χ0n) is 8.39. The molecule has 0 aliphatic carbocycles. The van der Waals surface area contributed by atoms with Gasteiger partial charge in [-0.2, -0.15) is 0 Å². The van der Waals surface area contributed by atoms with Crippen LogP contribution < -0.4 is 10.2 Å². The Hall–Kier alpha value is -0.730. The molecule has 1 heterocycles. The summed E-state index contributed by atoms with van der Waals surface area (Å²) in [6.07, 6.45) is 1.30. The average molecular weight is 211 g/mol. The van der Waals surface area contributed by atoms with Crippen molar-refractivity contribution in [2.45, 2.75) is 13.0 Å². The van der Waals surface area contributed by atoms with Gasteiger partial charge in [-0.05, 0) is 31.2 Å². The fourth-order valence-electron chi connectivity index (χ4n) is 1.73. The highest BCUT2D eigenvalue weighted by Crippen LogP contribution is 2.28. The van der Waals surface area contributed by atoms with E-state index in [9.17, 15) is 0 Å². The molecule has 1 aliphatic heterocycles. The summed E-state index contributed by atoms with van der Waals surface area (Å²) < 4.78 is 0. The largest absolute Gasteiger partial charge is 0.371 e. The summed E-state index contributed by atoms with van der Waals surface area (Å²) >= 11 is 6.00. The lowest BCUT2D eigenvalue weighted by Crippen LogP contribution is -2.37. The molecule has 1 saturated heterocycles. The van der Waals surface area contributed by atoms with Crippen molar-refractivity contribution in [3.63, 3.8) is 0 Å². The van der Waals surface area contributed by atoms with Crippen molar-refractivity contribution >= 4 is 17.3 Å². The number of anilines is 1. The van der Waals surface area contributed by atoms with Crippen LogP contribution in [0.25, 0.3) is 0 Å². The van der Waals surface area contributed by atoms with Crippen molar-refractivity contribution in [3.8, 4) is 0 Å². The maximum Gasteiger partial charge on any atom is 0.0426 e. The van der Waals surface area contributed by atoms with E-state index in [1.165, 1.54) is 17.7 Å². The number of nitrogens with one attached hydrogen (secondary N) is 1. The van der Waals surface area contributed by atoms with E-state index in [-0.39, 0.29) is 0 Å². The van der Waals surface area contributed by atoms with Gasteiger partial charge in [-0.1, -0.05) is 17.7 Å². The molecule has 1 fully saturated rings. The minimum atomic E-state index is 0.826. The van der Waals surface area contributed by atoms with Gasteiger partial charge in [0.25, 0.3) is 0 Å². The van der Waals surface area contributed by atoms with Crippen LogP contribution in [-0.2, 0) is 6.54 Å². The third-order valence-electron chi connectivity index (χ3n) is 2.61. The van der Waals surface area contributed by atoms with E-state index < -0.39 is 0 Å². The molecule has 0 amide bonds. The SMILES string of the molecule is CNCc1ccc(Cl)cc1N1CCC1. The lowest BCUT2D eigenvalue weighted by molar-refractivity contribution is 0.613. The van der Waals surface area contributed by atoms with Gasteiger partial charge in [-0.3, -0.25) is 0 Å². The van der Waals surface area contributed by atoms with Crippen molar-refractivity contribution in [1.82, 2.24) is 5.32 Å². The lowest BCUT2D eigenvalue weighted by Gasteiger charge is -2.35. The Labute approximate surface area is 89.9 Å². The van der Waals surface area contributed by atoms with Gasteiger partial charge in [0.1, 0.15) is 0 Å². The molecule has 1 N–H and O–H groups in total. The summed E-state index contributed by atoms with van der Waals surface area (Å²) in [5.41, 5.74) is 2.62. The van der Waals surface area contributed by atoms with Crippen LogP contribution in [-0.4, -0.2) is 20.1 Å². The molecule has 0 radical (unpaired) electrons. The van der Waals surface area contributed by atoms with Crippen molar-refractivity contribution in [3.05, 3.63) is 28.8 Å². The molecule has 1 aliphatic rings. The third kappa shape index (κ3) is 1.86. The molecular formula is C11H15ClN2. The molecular weight excluding hydrogens is 196 g/mol. The van der Waals surface area contributed by atoms with E-state index in [0.717, 1.165) is 24.7 Å². The zero-order chi connectivity index (χ0) is 9.97. The van der Waals surface area contributed by atoms with Gasteiger partial charge in [-0.25, -0.2) is 0 Å². The Kier molecular flexibility index (Phi) is 2.94. The van der Waals surface area contributed by atoms with Gasteiger partial charge in [-0.15, -0.1) is 0 Å². The molecule has 2 nitrogen and oxygen atoms in total. The maximum absolute atomic E-state index is 6.00. The Morgan fingerprint density at radius 3 is 2.79 bits per heavy atom. The second-order valence-corrected chi connectivity index (χ2v) is 4.08. The number of halogens is 1. The van der Waals surface area contributed by atoms with E-state index >= 15 is 0 Å². The van der Waals surface area contributed by atoms with E-state index in [4.69, 9.17) is 11.6 Å². The highest BCUT2D eigenvalue weighted by atomic mass is 35.5. The molecule has 0 aromatic heterocycles. The van der Waals surface area contributed by atoms with E-state index in [0.29, 0.717) is 0 Å². The molecule has 0 atom stereocenters. The van der Waals surface area contributed by atoms with Gasteiger partial charge in [0.2, 0.25) is 0 Å². The number of hydrogen-bond acceptors (Lipinski definition) is 2. The first-order chi connectivity index (χ1) is 6.81. The topological polar surface area (TPSA) is 15.3 Å². The van der Waals surface area contributed by atoms with Crippen LogP contribution >= 0.6 is 11.6 Å². The van der Waals surface area contributed by atoms with Gasteiger partial charge < -0.3 is 10.2 Å². The molecule has 14 heavy (non-hydrogen) atoms. The predicted molar refractivity (Wildman–Crippen MR) is 61.0 cm³/mol. The molecule has 1 aromatic rings. The first kappa shape index (κ1) is 9.81. The Morgan fingerprint density at radius 2 is 2.21 bits per heavy atom. The van der Waals surface area contributed by atoms with Crippen LogP contribution in [0.15, 0.2) is 18.2 Å². The summed E-state index contributed by atoms with van der Waals surface area (Å²) in [5, 5.41) is 4.00. The fourth-order valence-corrected chi connectivity index (χ4v) is 1.89. The zero-order valence-corrected chi connectivity index (χ0v) is 9.14. The molecule has 1 aromatic carbocycles. The van der Waals surface area contributed by atoms with Crippen molar-refractivity contribution in [2.24, 2.45) is 0 Å². The summed E-state index contributed by atoms with van der Waals surface area (Å²) in [6, 6.07) is 6.12. The number of benzene rings is 1. The van der Waals surface area contributed by atoms with Crippen molar-refractivity contribution in [1.29, 1.82) is 0 Å². The van der Waals surface area contributed by atoms with Crippen LogP contribution in [0.4, 0.5) is 5.69 Å². The minimum absolute atomic E-state index is 0.826. The highest BCUT2D eigenvalue weighted by molar-refractivity contribution is 6.30. The standard InChI is InChI=1S/C11H15ClN2/c1-13-8-9-3-4-10(12)7-11(9)14-5-2-6-14/h3-4,7,13H,2,5-6,8H2,1H3. The number of hydrogen-bond donors (Lipinski definition) is 1. The number of rotatable bonds is 3. The first-order valence-corrected chi connectivity index (χ1v) is 5.37. The fraction of sp³-hybridized carbons (Fsp3) is 0.455. The predicted octanol–water partition coefficient (Wildman–Crippen LogP) is 2.27. The molecule has 0 spiro atoms. The Balaban J connectivity index is 2.27. The smallest absolute Gasteiger partial charge is 0.0426 e. The molecule has 3 heteroatoms. The van der Waals surface area contributed by atoms with E-state index in [1.54, 1.807) is 0 Å². The second-order valence-electron chi connectivity index (χ2n) is 3.64. The maximum atomic E-state index is 6.00. The van der Waals surface area contributed by atoms with Gasteiger partial charge in [0, 0.05) is 30.3 Å².